The molecule has 0 unspecified atom stereocenters. The van der Waals surface area contributed by atoms with Gasteiger partial charge < -0.3 is 14.8 Å². The number of benzene rings is 1. The van der Waals surface area contributed by atoms with Crippen molar-refractivity contribution in [2.45, 2.75) is 13.0 Å². The van der Waals surface area contributed by atoms with Gasteiger partial charge in [-0.1, -0.05) is 23.2 Å². The van der Waals surface area contributed by atoms with Gasteiger partial charge in [-0.2, -0.15) is 0 Å². The van der Waals surface area contributed by atoms with E-state index in [9.17, 15) is 14.9 Å². The fourth-order valence-electron chi connectivity index (χ4n) is 1.84. The number of aromatic nitrogens is 1. The van der Waals surface area contributed by atoms with Gasteiger partial charge in [-0.05, 0) is 25.1 Å². The Hall–Kier alpha value is -2.58. The number of carbonyl (C=O) groups is 1. The van der Waals surface area contributed by atoms with Crippen molar-refractivity contribution in [2.75, 3.05) is 12.4 Å². The van der Waals surface area contributed by atoms with Crippen LogP contribution in [0.3, 0.4) is 0 Å². The van der Waals surface area contributed by atoms with Crippen LogP contribution in [0, 0.1) is 10.1 Å². The van der Waals surface area contributed by atoms with Crippen LogP contribution in [-0.4, -0.2) is 29.0 Å². The van der Waals surface area contributed by atoms with E-state index in [4.69, 9.17) is 32.7 Å². The van der Waals surface area contributed by atoms with Gasteiger partial charge in [0, 0.05) is 6.20 Å². The van der Waals surface area contributed by atoms with Crippen molar-refractivity contribution in [1.82, 2.24) is 4.98 Å². The van der Waals surface area contributed by atoms with E-state index < -0.39 is 16.9 Å². The van der Waals surface area contributed by atoms with Crippen LogP contribution in [0.25, 0.3) is 0 Å². The highest BCUT2D eigenvalue weighted by atomic mass is 35.5. The highest BCUT2D eigenvalue weighted by molar-refractivity contribution is 6.36. The zero-order chi connectivity index (χ0) is 18.6. The Morgan fingerprint density at radius 1 is 1.36 bits per heavy atom. The van der Waals surface area contributed by atoms with E-state index in [0.717, 1.165) is 0 Å². The highest BCUT2D eigenvalue weighted by Gasteiger charge is 2.23. The number of halogens is 2. The van der Waals surface area contributed by atoms with Crippen molar-refractivity contribution in [2.24, 2.45) is 0 Å². The summed E-state index contributed by atoms with van der Waals surface area (Å²) in [5.74, 6) is -0.241. The van der Waals surface area contributed by atoms with E-state index in [-0.39, 0.29) is 22.3 Å². The lowest BCUT2D eigenvalue weighted by Crippen LogP contribution is -2.30. The number of nitrogens with zero attached hydrogens (tertiary/aromatic N) is 2. The lowest BCUT2D eigenvalue weighted by molar-refractivity contribution is -0.386. The molecular formula is C15H13Cl2N3O5. The number of carbonyl (C=O) groups excluding carboxylic acids is 1. The van der Waals surface area contributed by atoms with Crippen LogP contribution in [0.5, 0.6) is 11.5 Å². The molecule has 0 radical (unpaired) electrons. The van der Waals surface area contributed by atoms with Gasteiger partial charge in [0.2, 0.25) is 0 Å². The van der Waals surface area contributed by atoms with Gasteiger partial charge >= 0.3 is 5.69 Å². The number of nitrogens with one attached hydrogen (secondary N) is 1. The quantitative estimate of drug-likeness (QED) is 0.600. The highest BCUT2D eigenvalue weighted by Crippen LogP contribution is 2.32. The third-order valence-electron chi connectivity index (χ3n) is 3.09. The molecule has 0 saturated carbocycles. The van der Waals surface area contributed by atoms with E-state index in [0.29, 0.717) is 10.8 Å². The van der Waals surface area contributed by atoms with E-state index in [1.54, 1.807) is 0 Å². The maximum atomic E-state index is 12.2. The summed E-state index contributed by atoms with van der Waals surface area (Å²) in [6.45, 7) is 1.44. The molecule has 0 saturated heterocycles. The summed E-state index contributed by atoms with van der Waals surface area (Å²) in [7, 11) is 1.39. The van der Waals surface area contributed by atoms with Crippen LogP contribution in [0.4, 0.5) is 11.5 Å². The van der Waals surface area contributed by atoms with Gasteiger partial charge in [0.1, 0.15) is 5.75 Å². The zero-order valence-electron chi connectivity index (χ0n) is 13.2. The van der Waals surface area contributed by atoms with Crippen molar-refractivity contribution in [3.05, 3.63) is 50.6 Å². The average Bonchev–Trinajstić information content (AvgIpc) is 2.57. The van der Waals surface area contributed by atoms with Gasteiger partial charge in [-0.15, -0.1) is 0 Å². The van der Waals surface area contributed by atoms with Crippen LogP contribution in [0.2, 0.25) is 10.0 Å². The molecule has 0 bridgehead atoms. The first kappa shape index (κ1) is 18.8. The summed E-state index contributed by atoms with van der Waals surface area (Å²) in [5, 5.41) is 14.1. The molecule has 2 rings (SSSR count). The first-order valence-corrected chi connectivity index (χ1v) is 7.68. The fraction of sp³-hybridized carbons (Fsp3) is 0.200. The Bertz CT molecular complexity index is 816. The van der Waals surface area contributed by atoms with Crippen molar-refractivity contribution in [1.29, 1.82) is 0 Å². The first-order valence-electron chi connectivity index (χ1n) is 6.92. The molecule has 0 aliphatic heterocycles. The Kier molecular flexibility index (Phi) is 6.00. The Morgan fingerprint density at radius 2 is 2.08 bits per heavy atom. The summed E-state index contributed by atoms with van der Waals surface area (Å²) in [6, 6.07) is 5.47. The standard InChI is InChI=1S/C15H13Cl2N3O5/c1-8(15(21)19-14-11(17)5-9(16)7-18-14)25-13-4-3-10(24-2)6-12(13)20(22)23/h3-8H,1-2H3,(H,18,19,21)/t8-/m0/s1. The minimum atomic E-state index is -1.04. The molecule has 0 fully saturated rings. The SMILES string of the molecule is COc1ccc(O[C@@H](C)C(=O)Nc2ncc(Cl)cc2Cl)c([N+](=O)[O-])c1. The summed E-state index contributed by atoms with van der Waals surface area (Å²) in [5.41, 5.74) is -0.318. The number of hydrogen-bond donors (Lipinski definition) is 1. The van der Waals surface area contributed by atoms with Gasteiger partial charge in [0.05, 0.1) is 28.1 Å². The van der Waals surface area contributed by atoms with Crippen molar-refractivity contribution in [3.8, 4) is 11.5 Å². The number of hydrogen-bond acceptors (Lipinski definition) is 6. The van der Waals surface area contributed by atoms with Gasteiger partial charge in [0.25, 0.3) is 5.91 Å². The summed E-state index contributed by atoms with van der Waals surface area (Å²) < 4.78 is 10.3. The molecule has 1 amide bonds. The predicted molar refractivity (Wildman–Crippen MR) is 92.6 cm³/mol. The molecule has 0 aliphatic rings. The Labute approximate surface area is 152 Å². The molecule has 1 aromatic heterocycles. The topological polar surface area (TPSA) is 104 Å². The fourth-order valence-corrected chi connectivity index (χ4v) is 2.26. The first-order chi connectivity index (χ1) is 11.8. The lowest BCUT2D eigenvalue weighted by atomic mass is 10.2. The van der Waals surface area contributed by atoms with E-state index in [2.05, 4.69) is 10.3 Å². The number of amides is 1. The second-order valence-corrected chi connectivity index (χ2v) is 5.67. The minimum absolute atomic E-state index is 0.0661. The normalized spacial score (nSPS) is 11.5. The second kappa shape index (κ2) is 8.00. The lowest BCUT2D eigenvalue weighted by Gasteiger charge is -2.15. The number of nitro groups is 1. The molecule has 1 aromatic carbocycles. The van der Waals surface area contributed by atoms with Gasteiger partial charge in [0.15, 0.2) is 17.7 Å². The van der Waals surface area contributed by atoms with Crippen molar-refractivity contribution in [3.63, 3.8) is 0 Å². The van der Waals surface area contributed by atoms with Crippen LogP contribution in [-0.2, 0) is 4.79 Å². The molecule has 1 heterocycles. The molecular weight excluding hydrogens is 373 g/mol. The van der Waals surface area contributed by atoms with E-state index in [1.165, 1.54) is 44.5 Å². The molecule has 1 N–H and O–H groups in total. The summed E-state index contributed by atoms with van der Waals surface area (Å²) in [6.07, 6.45) is 0.281. The molecule has 8 nitrogen and oxygen atoms in total. The molecule has 0 spiro atoms. The van der Waals surface area contributed by atoms with Crippen LogP contribution in [0.15, 0.2) is 30.5 Å². The van der Waals surface area contributed by atoms with E-state index in [1.807, 2.05) is 0 Å². The molecule has 25 heavy (non-hydrogen) atoms. The third-order valence-corrected chi connectivity index (χ3v) is 3.58. The maximum absolute atomic E-state index is 12.2. The number of ether oxygens (including phenoxy) is 2. The maximum Gasteiger partial charge on any atom is 0.314 e. The number of nitro benzene ring substituents is 1. The van der Waals surface area contributed by atoms with Crippen molar-refractivity contribution >= 4 is 40.6 Å². The smallest absolute Gasteiger partial charge is 0.314 e. The number of anilines is 1. The Balaban J connectivity index is 2.14. The van der Waals surface area contributed by atoms with Crippen LogP contribution in [0.1, 0.15) is 6.92 Å². The molecule has 132 valence electrons. The average molecular weight is 386 g/mol. The van der Waals surface area contributed by atoms with Crippen LogP contribution < -0.4 is 14.8 Å². The predicted octanol–water partition coefficient (Wildman–Crippen LogP) is 3.71. The second-order valence-electron chi connectivity index (χ2n) is 4.82. The minimum Gasteiger partial charge on any atom is -0.496 e. The van der Waals surface area contributed by atoms with Gasteiger partial charge in [-0.3, -0.25) is 14.9 Å². The number of pyridine rings is 1. The molecule has 10 heteroatoms. The Morgan fingerprint density at radius 3 is 2.68 bits per heavy atom. The molecule has 2 aromatic rings. The van der Waals surface area contributed by atoms with Crippen LogP contribution >= 0.6 is 23.2 Å². The number of rotatable bonds is 6. The van der Waals surface area contributed by atoms with Gasteiger partial charge in [-0.25, -0.2) is 4.98 Å². The van der Waals surface area contributed by atoms with Crippen molar-refractivity contribution < 1.29 is 19.2 Å². The monoisotopic (exact) mass is 385 g/mol. The zero-order valence-corrected chi connectivity index (χ0v) is 14.7. The van der Waals surface area contributed by atoms with E-state index >= 15 is 0 Å². The third kappa shape index (κ3) is 4.71. The molecule has 1 atom stereocenters. The molecule has 0 aliphatic carbocycles. The summed E-state index contributed by atoms with van der Waals surface area (Å²) in [4.78, 5) is 26.6. The largest absolute Gasteiger partial charge is 0.496 e. The summed E-state index contributed by atoms with van der Waals surface area (Å²) >= 11 is 11.7. The number of methoxy groups -OCH3 is 1.